The summed E-state index contributed by atoms with van der Waals surface area (Å²) in [4.78, 5) is 3.79. The van der Waals surface area contributed by atoms with Crippen molar-refractivity contribution in [2.45, 2.75) is 32.4 Å². The Balaban J connectivity index is 2.57. The maximum Gasteiger partial charge on any atom is 0.252 e. The van der Waals surface area contributed by atoms with Gasteiger partial charge in [-0.25, -0.2) is 4.98 Å². The molecule has 1 aromatic heterocycles. The molecule has 1 rings (SSSR count). The lowest BCUT2D eigenvalue weighted by Gasteiger charge is -2.21. The molecule has 0 aliphatic rings. The number of hydrogen-bond acceptors (Lipinski definition) is 5. The molecule has 0 saturated carbocycles. The van der Waals surface area contributed by atoms with Crippen molar-refractivity contribution in [1.82, 2.24) is 20.1 Å². The highest BCUT2D eigenvalue weighted by molar-refractivity contribution is 5.06. The predicted molar refractivity (Wildman–Crippen MR) is 57.0 cm³/mol. The molecule has 0 amide bonds. The minimum Gasteiger partial charge on any atom is -0.300 e. The molecule has 1 N–H and O–H groups in total. The summed E-state index contributed by atoms with van der Waals surface area (Å²) >= 11 is 0. The van der Waals surface area contributed by atoms with Gasteiger partial charge < -0.3 is 0 Å². The van der Waals surface area contributed by atoms with Crippen molar-refractivity contribution in [1.29, 1.82) is 10.5 Å². The zero-order valence-corrected chi connectivity index (χ0v) is 9.43. The SMILES string of the molecule is CCNC(C)(C#N)CCn1cnc(C#N)n1. The molecule has 6 nitrogen and oxygen atoms in total. The third kappa shape index (κ3) is 3.04. The lowest BCUT2D eigenvalue weighted by Crippen LogP contribution is -2.41. The molecule has 0 bridgehead atoms. The highest BCUT2D eigenvalue weighted by atomic mass is 15.3. The molecule has 0 radical (unpaired) electrons. The summed E-state index contributed by atoms with van der Waals surface area (Å²) in [5.41, 5.74) is -0.562. The Hall–Kier alpha value is -1.92. The fourth-order valence-electron chi connectivity index (χ4n) is 1.37. The smallest absolute Gasteiger partial charge is 0.252 e. The number of nitrogens with one attached hydrogen (secondary N) is 1. The first-order chi connectivity index (χ1) is 7.63. The van der Waals surface area contributed by atoms with Crippen LogP contribution < -0.4 is 5.32 Å². The molecule has 16 heavy (non-hydrogen) atoms. The highest BCUT2D eigenvalue weighted by Gasteiger charge is 2.22. The van der Waals surface area contributed by atoms with Gasteiger partial charge in [-0.3, -0.25) is 10.00 Å². The van der Waals surface area contributed by atoms with E-state index in [9.17, 15) is 0 Å². The lowest BCUT2D eigenvalue weighted by atomic mass is 10.0. The van der Waals surface area contributed by atoms with Gasteiger partial charge in [0, 0.05) is 6.54 Å². The number of nitriles is 2. The van der Waals surface area contributed by atoms with Gasteiger partial charge in [0.25, 0.3) is 5.82 Å². The van der Waals surface area contributed by atoms with E-state index in [4.69, 9.17) is 10.5 Å². The molecule has 0 saturated heterocycles. The van der Waals surface area contributed by atoms with Crippen LogP contribution in [0, 0.1) is 22.7 Å². The van der Waals surface area contributed by atoms with Crippen molar-refractivity contribution in [2.24, 2.45) is 0 Å². The van der Waals surface area contributed by atoms with Crippen molar-refractivity contribution in [2.75, 3.05) is 6.54 Å². The van der Waals surface area contributed by atoms with Crippen LogP contribution in [-0.4, -0.2) is 26.8 Å². The fraction of sp³-hybridized carbons (Fsp3) is 0.600. The minimum atomic E-state index is -0.562. The van der Waals surface area contributed by atoms with E-state index in [0.29, 0.717) is 13.0 Å². The second kappa shape index (κ2) is 5.24. The van der Waals surface area contributed by atoms with E-state index in [1.807, 2.05) is 19.9 Å². The number of aryl methyl sites for hydroxylation is 1. The minimum absolute atomic E-state index is 0.155. The Bertz CT molecular complexity index is 423. The van der Waals surface area contributed by atoms with Gasteiger partial charge >= 0.3 is 0 Å². The monoisotopic (exact) mass is 218 g/mol. The predicted octanol–water partition coefficient (Wildman–Crippen LogP) is 0.432. The quantitative estimate of drug-likeness (QED) is 0.774. The van der Waals surface area contributed by atoms with Crippen LogP contribution in [0.2, 0.25) is 0 Å². The van der Waals surface area contributed by atoms with Gasteiger partial charge in [0.15, 0.2) is 0 Å². The van der Waals surface area contributed by atoms with Gasteiger partial charge in [0.05, 0.1) is 6.07 Å². The van der Waals surface area contributed by atoms with Gasteiger partial charge in [0.1, 0.15) is 17.9 Å². The third-order valence-electron chi connectivity index (χ3n) is 2.29. The standard InChI is InChI=1S/C10H14N6/c1-3-14-10(2,7-12)4-5-16-8-13-9(6-11)15-16/h8,14H,3-5H2,1-2H3. The molecular weight excluding hydrogens is 204 g/mol. The molecule has 1 heterocycles. The Labute approximate surface area is 94.5 Å². The molecular formula is C10H14N6. The molecule has 6 heteroatoms. The second-order valence-electron chi connectivity index (χ2n) is 3.67. The Morgan fingerprint density at radius 2 is 2.31 bits per heavy atom. The molecule has 0 fully saturated rings. The normalized spacial score (nSPS) is 13.8. The van der Waals surface area contributed by atoms with E-state index in [0.717, 1.165) is 6.54 Å². The van der Waals surface area contributed by atoms with Crippen LogP contribution in [0.5, 0.6) is 0 Å². The Kier molecular flexibility index (Phi) is 3.98. The first-order valence-corrected chi connectivity index (χ1v) is 5.09. The topological polar surface area (TPSA) is 90.3 Å². The van der Waals surface area contributed by atoms with Crippen LogP contribution in [-0.2, 0) is 6.54 Å². The van der Waals surface area contributed by atoms with Crippen LogP contribution in [0.15, 0.2) is 6.33 Å². The molecule has 1 atom stereocenters. The summed E-state index contributed by atoms with van der Waals surface area (Å²) in [7, 11) is 0. The van der Waals surface area contributed by atoms with Crippen molar-refractivity contribution in [3.8, 4) is 12.1 Å². The van der Waals surface area contributed by atoms with E-state index in [1.165, 1.54) is 6.33 Å². The van der Waals surface area contributed by atoms with Crippen LogP contribution in [0.25, 0.3) is 0 Å². The van der Waals surface area contributed by atoms with Gasteiger partial charge in [-0.05, 0) is 19.9 Å². The Morgan fingerprint density at radius 1 is 1.56 bits per heavy atom. The Morgan fingerprint density at radius 3 is 2.81 bits per heavy atom. The average Bonchev–Trinajstić information content (AvgIpc) is 2.75. The molecule has 0 spiro atoms. The molecule has 0 aliphatic heterocycles. The molecule has 1 unspecified atom stereocenters. The highest BCUT2D eigenvalue weighted by Crippen LogP contribution is 2.09. The van der Waals surface area contributed by atoms with E-state index in [-0.39, 0.29) is 5.82 Å². The summed E-state index contributed by atoms with van der Waals surface area (Å²) in [5, 5.41) is 24.6. The molecule has 1 aromatic rings. The van der Waals surface area contributed by atoms with Crippen molar-refractivity contribution >= 4 is 0 Å². The maximum absolute atomic E-state index is 9.04. The molecule has 0 aliphatic carbocycles. The van der Waals surface area contributed by atoms with E-state index in [2.05, 4.69) is 21.5 Å². The number of nitrogens with zero attached hydrogens (tertiary/aromatic N) is 5. The number of hydrogen-bond donors (Lipinski definition) is 1. The first kappa shape index (κ1) is 12.2. The van der Waals surface area contributed by atoms with Crippen molar-refractivity contribution < 1.29 is 0 Å². The second-order valence-corrected chi connectivity index (χ2v) is 3.67. The first-order valence-electron chi connectivity index (χ1n) is 5.09. The van der Waals surface area contributed by atoms with Gasteiger partial charge in [-0.1, -0.05) is 6.92 Å². The van der Waals surface area contributed by atoms with Crippen LogP contribution in [0.3, 0.4) is 0 Å². The summed E-state index contributed by atoms with van der Waals surface area (Å²) in [6.07, 6.45) is 2.12. The largest absolute Gasteiger partial charge is 0.300 e. The zero-order valence-electron chi connectivity index (χ0n) is 9.43. The van der Waals surface area contributed by atoms with E-state index in [1.54, 1.807) is 4.68 Å². The van der Waals surface area contributed by atoms with E-state index >= 15 is 0 Å². The van der Waals surface area contributed by atoms with Crippen molar-refractivity contribution in [3.63, 3.8) is 0 Å². The van der Waals surface area contributed by atoms with Gasteiger partial charge in [-0.2, -0.15) is 10.5 Å². The van der Waals surface area contributed by atoms with Crippen LogP contribution in [0.4, 0.5) is 0 Å². The van der Waals surface area contributed by atoms with Crippen LogP contribution >= 0.6 is 0 Å². The summed E-state index contributed by atoms with van der Waals surface area (Å²) in [6.45, 7) is 5.11. The average molecular weight is 218 g/mol. The lowest BCUT2D eigenvalue weighted by molar-refractivity contribution is 0.390. The molecule has 84 valence electrons. The fourth-order valence-corrected chi connectivity index (χ4v) is 1.37. The van der Waals surface area contributed by atoms with Crippen LogP contribution in [0.1, 0.15) is 26.1 Å². The summed E-state index contributed by atoms with van der Waals surface area (Å²) < 4.78 is 1.57. The molecule has 0 aromatic carbocycles. The number of aromatic nitrogens is 3. The van der Waals surface area contributed by atoms with Crippen molar-refractivity contribution in [3.05, 3.63) is 12.2 Å². The van der Waals surface area contributed by atoms with E-state index < -0.39 is 5.54 Å². The summed E-state index contributed by atoms with van der Waals surface area (Å²) in [5.74, 6) is 0.155. The third-order valence-corrected chi connectivity index (χ3v) is 2.29. The van der Waals surface area contributed by atoms with Gasteiger partial charge in [0.2, 0.25) is 0 Å². The maximum atomic E-state index is 9.04. The summed E-state index contributed by atoms with van der Waals surface area (Å²) in [6, 6.07) is 4.09. The van der Waals surface area contributed by atoms with Gasteiger partial charge in [-0.15, -0.1) is 5.10 Å². The zero-order chi connectivity index (χ0) is 12.0. The number of rotatable bonds is 5.